The molecule has 46 heavy (non-hydrogen) atoms. The Labute approximate surface area is 270 Å². The van der Waals surface area contributed by atoms with E-state index in [1.165, 1.54) is 12.3 Å². The van der Waals surface area contributed by atoms with Crippen molar-refractivity contribution in [1.29, 1.82) is 0 Å². The average molecular weight is 653 g/mol. The third-order valence-corrected chi connectivity index (χ3v) is 10.2. The van der Waals surface area contributed by atoms with Crippen LogP contribution in [0.5, 0.6) is 6.01 Å². The van der Waals surface area contributed by atoms with Crippen molar-refractivity contribution >= 4 is 39.1 Å². The summed E-state index contributed by atoms with van der Waals surface area (Å²) in [6.07, 6.45) is 2.04. The second kappa shape index (κ2) is 12.3. The van der Waals surface area contributed by atoms with Crippen LogP contribution in [0.4, 0.5) is 19.0 Å². The summed E-state index contributed by atoms with van der Waals surface area (Å²) >= 11 is 6.58. The Bertz CT molecular complexity index is 1790. The Morgan fingerprint density at radius 1 is 1.20 bits per heavy atom. The Morgan fingerprint density at radius 2 is 2.00 bits per heavy atom. The molecular weight excluding hydrogens is 617 g/mol. The number of benzene rings is 2. The molecule has 0 amide bonds. The van der Waals surface area contributed by atoms with Gasteiger partial charge in [0.2, 0.25) is 0 Å². The third kappa shape index (κ3) is 5.36. The molecule has 2 aromatic heterocycles. The maximum absolute atomic E-state index is 16.7. The van der Waals surface area contributed by atoms with Crippen LogP contribution in [0.2, 0.25) is 5.02 Å². The summed E-state index contributed by atoms with van der Waals surface area (Å²) < 4.78 is 52.9. The molecule has 3 aliphatic heterocycles. The van der Waals surface area contributed by atoms with E-state index < -0.39 is 36.0 Å². The standard InChI is InChI=1S/C34H36ClF3N6O2/c1-3-27(45)43-14-11-25(37)26(18-43)42(2)32-23-16-39-30(22-9-4-7-20-8-5-10-24(35)28(20)22)29(38)31(23)40-33(41-32)46-19-34-12-6-13-44(34)17-21(36)15-34/h3-5,7-10,16,21,25-27,45H,1,6,11-15,17-19H2,2H3/t21-,25-,26+,27?,34+/m1/s1. The molecule has 12 heteroatoms. The minimum Gasteiger partial charge on any atom is -0.461 e. The van der Waals surface area contributed by atoms with Gasteiger partial charge in [0.1, 0.15) is 42.2 Å². The lowest BCUT2D eigenvalue weighted by atomic mass is 9.95. The highest BCUT2D eigenvalue weighted by Crippen LogP contribution is 2.41. The largest absolute Gasteiger partial charge is 0.461 e. The molecule has 7 rings (SSSR count). The van der Waals surface area contributed by atoms with E-state index in [-0.39, 0.29) is 48.0 Å². The van der Waals surface area contributed by atoms with Crippen LogP contribution in [0.3, 0.4) is 0 Å². The molecule has 4 aromatic rings. The summed E-state index contributed by atoms with van der Waals surface area (Å²) in [7, 11) is 1.69. The predicted octanol–water partition coefficient (Wildman–Crippen LogP) is 5.95. The number of likely N-dealkylation sites (N-methyl/N-ethyl adjacent to an activating group) is 1. The van der Waals surface area contributed by atoms with E-state index in [0.29, 0.717) is 35.5 Å². The predicted molar refractivity (Wildman–Crippen MR) is 173 cm³/mol. The van der Waals surface area contributed by atoms with Crippen molar-refractivity contribution in [3.8, 4) is 17.3 Å². The van der Waals surface area contributed by atoms with E-state index in [0.717, 1.165) is 24.8 Å². The monoisotopic (exact) mass is 652 g/mol. The Balaban J connectivity index is 1.33. The highest BCUT2D eigenvalue weighted by molar-refractivity contribution is 6.36. The number of rotatable bonds is 8. The van der Waals surface area contributed by atoms with Crippen LogP contribution in [0.25, 0.3) is 32.9 Å². The number of ether oxygens (including phenoxy) is 1. The van der Waals surface area contributed by atoms with Gasteiger partial charge < -0.3 is 14.7 Å². The number of aliphatic hydroxyl groups is 1. The molecule has 1 unspecified atom stereocenters. The Morgan fingerprint density at radius 3 is 2.80 bits per heavy atom. The molecule has 0 aliphatic carbocycles. The number of aliphatic hydroxyl groups excluding tert-OH is 1. The Kier molecular flexibility index (Phi) is 8.29. The van der Waals surface area contributed by atoms with Crippen molar-refractivity contribution in [1.82, 2.24) is 24.8 Å². The van der Waals surface area contributed by atoms with Gasteiger partial charge in [0.05, 0.1) is 17.0 Å². The van der Waals surface area contributed by atoms with Gasteiger partial charge in [-0.2, -0.15) is 9.97 Å². The quantitative estimate of drug-likeness (QED) is 0.234. The van der Waals surface area contributed by atoms with E-state index in [1.54, 1.807) is 29.0 Å². The number of halogens is 4. The summed E-state index contributed by atoms with van der Waals surface area (Å²) in [5.41, 5.74) is 0.0531. The van der Waals surface area contributed by atoms with Crippen LogP contribution >= 0.6 is 11.6 Å². The molecule has 1 N–H and O–H groups in total. The van der Waals surface area contributed by atoms with Gasteiger partial charge in [0, 0.05) is 55.3 Å². The SMILES string of the molecule is C=CC(O)N1CC[C@@H](F)[C@@H](N(C)c2nc(OC[C@@]34CCCN3C[C@H](F)C4)nc3c(F)c(-c4cccc5cccc(Cl)c45)ncc23)C1. The zero-order valence-corrected chi connectivity index (χ0v) is 26.3. The van der Waals surface area contributed by atoms with Crippen LogP contribution in [-0.4, -0.2) is 99.8 Å². The Hall–Kier alpha value is -3.51. The van der Waals surface area contributed by atoms with Crippen LogP contribution in [0.1, 0.15) is 25.7 Å². The summed E-state index contributed by atoms with van der Waals surface area (Å²) in [6, 6.07) is 10.1. The number of piperidine rings is 1. The fourth-order valence-corrected chi connectivity index (χ4v) is 7.81. The summed E-state index contributed by atoms with van der Waals surface area (Å²) in [4.78, 5) is 19.3. The maximum atomic E-state index is 16.7. The lowest BCUT2D eigenvalue weighted by molar-refractivity contribution is 0.00307. The first-order valence-electron chi connectivity index (χ1n) is 15.7. The maximum Gasteiger partial charge on any atom is 0.319 e. The number of hydrogen-bond acceptors (Lipinski definition) is 8. The molecule has 3 fully saturated rings. The van der Waals surface area contributed by atoms with Crippen molar-refractivity contribution in [2.24, 2.45) is 0 Å². The first-order valence-corrected chi connectivity index (χ1v) is 16.0. The first-order chi connectivity index (χ1) is 22.2. The molecule has 5 heterocycles. The third-order valence-electron chi connectivity index (χ3n) is 9.93. The highest BCUT2D eigenvalue weighted by atomic mass is 35.5. The van der Waals surface area contributed by atoms with E-state index in [1.807, 2.05) is 24.3 Å². The highest BCUT2D eigenvalue weighted by Gasteiger charge is 2.49. The van der Waals surface area contributed by atoms with E-state index in [4.69, 9.17) is 16.3 Å². The minimum absolute atomic E-state index is 0.0364. The fraction of sp³-hybridized carbons (Fsp3) is 0.441. The van der Waals surface area contributed by atoms with Crippen LogP contribution in [-0.2, 0) is 0 Å². The summed E-state index contributed by atoms with van der Waals surface area (Å²) in [5.74, 6) is -0.451. The van der Waals surface area contributed by atoms with Gasteiger partial charge in [-0.25, -0.2) is 13.2 Å². The molecular formula is C34H36ClF3N6O2. The molecule has 0 spiro atoms. The molecule has 0 bridgehead atoms. The molecule has 3 saturated heterocycles. The fourth-order valence-electron chi connectivity index (χ4n) is 7.52. The number of pyridine rings is 1. The lowest BCUT2D eigenvalue weighted by Gasteiger charge is -2.41. The number of likely N-dealkylation sites (tertiary alicyclic amines) is 1. The van der Waals surface area contributed by atoms with Crippen LogP contribution in [0, 0.1) is 5.82 Å². The van der Waals surface area contributed by atoms with Gasteiger partial charge in [-0.05, 0) is 43.3 Å². The number of anilines is 1. The van der Waals surface area contributed by atoms with Gasteiger partial charge in [-0.15, -0.1) is 0 Å². The molecule has 2 aromatic carbocycles. The topological polar surface area (TPSA) is 77.9 Å². The summed E-state index contributed by atoms with van der Waals surface area (Å²) in [5, 5.41) is 12.6. The normalized spacial score (nSPS) is 26.0. The lowest BCUT2D eigenvalue weighted by Crippen LogP contribution is -2.55. The van der Waals surface area contributed by atoms with Crippen molar-refractivity contribution in [3.63, 3.8) is 0 Å². The van der Waals surface area contributed by atoms with Gasteiger partial charge in [0.15, 0.2) is 5.82 Å². The van der Waals surface area contributed by atoms with Crippen molar-refractivity contribution < 1.29 is 23.0 Å². The van der Waals surface area contributed by atoms with Gasteiger partial charge in [0.25, 0.3) is 0 Å². The number of nitrogens with zero attached hydrogens (tertiary/aromatic N) is 6. The molecule has 0 saturated carbocycles. The van der Waals surface area contributed by atoms with Crippen molar-refractivity contribution in [3.05, 3.63) is 66.1 Å². The second-order valence-corrected chi connectivity index (χ2v) is 13.1. The second-order valence-electron chi connectivity index (χ2n) is 12.6. The van der Waals surface area contributed by atoms with Gasteiger partial charge in [-0.3, -0.25) is 14.8 Å². The molecule has 5 atom stereocenters. The zero-order valence-electron chi connectivity index (χ0n) is 25.5. The smallest absolute Gasteiger partial charge is 0.319 e. The van der Waals surface area contributed by atoms with E-state index in [2.05, 4.69) is 26.4 Å². The average Bonchev–Trinajstić information content (AvgIpc) is 3.59. The van der Waals surface area contributed by atoms with Crippen LogP contribution in [0.15, 0.2) is 55.3 Å². The number of hydrogen-bond donors (Lipinski definition) is 1. The van der Waals surface area contributed by atoms with E-state index in [9.17, 15) is 9.50 Å². The zero-order chi connectivity index (χ0) is 32.2. The molecule has 0 radical (unpaired) electrons. The summed E-state index contributed by atoms with van der Waals surface area (Å²) in [6.45, 7) is 5.51. The van der Waals surface area contributed by atoms with Gasteiger partial charge in [-0.1, -0.05) is 48.5 Å². The molecule has 8 nitrogen and oxygen atoms in total. The number of fused-ring (bicyclic) bond motifs is 3. The van der Waals surface area contributed by atoms with Crippen LogP contribution < -0.4 is 9.64 Å². The number of alkyl halides is 2. The number of aromatic nitrogens is 3. The van der Waals surface area contributed by atoms with Gasteiger partial charge >= 0.3 is 6.01 Å². The minimum atomic E-state index is -1.24. The van der Waals surface area contributed by atoms with E-state index >= 15 is 8.78 Å². The van der Waals surface area contributed by atoms with Crippen molar-refractivity contribution in [2.45, 2.75) is 55.8 Å². The molecule has 242 valence electrons. The first kappa shape index (κ1) is 31.1. The van der Waals surface area contributed by atoms with Crippen molar-refractivity contribution in [2.75, 3.05) is 44.7 Å². The molecule has 3 aliphatic rings.